The van der Waals surface area contributed by atoms with Crippen molar-refractivity contribution in [2.45, 2.75) is 70.0 Å². The molecule has 0 fully saturated rings. The zero-order valence-electron chi connectivity index (χ0n) is 15.8. The van der Waals surface area contributed by atoms with Crippen molar-refractivity contribution >= 4 is 39.2 Å². The van der Waals surface area contributed by atoms with Gasteiger partial charge in [-0.05, 0) is 38.2 Å². The summed E-state index contributed by atoms with van der Waals surface area (Å²) < 4.78 is 1.59. The fourth-order valence-electron chi connectivity index (χ4n) is 3.45. The van der Waals surface area contributed by atoms with Crippen molar-refractivity contribution in [1.82, 2.24) is 14.9 Å². The van der Waals surface area contributed by atoms with Crippen molar-refractivity contribution in [3.05, 3.63) is 20.8 Å². The number of carbonyl (C=O) groups is 1. The standard InChI is InChI=1S/C19H27N3O2S2/c1-4-5-6-8-12(2)20-15(23)11-25-19-21-17-16(18(24)22(19)3)13-9-7-10-14(13)26-17/h12H,4-11H2,1-3H3,(H,20,23). The number of amides is 1. The van der Waals surface area contributed by atoms with Gasteiger partial charge in [0.05, 0.1) is 11.1 Å². The number of fused-ring (bicyclic) bond motifs is 3. The number of carbonyl (C=O) groups excluding carboxylic acids is 1. The molecule has 1 aliphatic carbocycles. The molecule has 26 heavy (non-hydrogen) atoms. The number of unbranched alkanes of at least 4 members (excludes halogenated alkanes) is 2. The highest BCUT2D eigenvalue weighted by Gasteiger charge is 2.22. The number of nitrogens with zero attached hydrogens (tertiary/aromatic N) is 2. The third-order valence-corrected chi connectivity index (χ3v) is 7.10. The Bertz CT molecular complexity index is 857. The quantitative estimate of drug-likeness (QED) is 0.422. The van der Waals surface area contributed by atoms with Gasteiger partial charge < -0.3 is 5.32 Å². The molecular weight excluding hydrogens is 366 g/mol. The van der Waals surface area contributed by atoms with Crippen molar-refractivity contribution in [2.24, 2.45) is 7.05 Å². The Labute approximate surface area is 162 Å². The summed E-state index contributed by atoms with van der Waals surface area (Å²) in [5, 5.41) is 4.46. The fraction of sp³-hybridized carbons (Fsp3) is 0.632. The van der Waals surface area contributed by atoms with Crippen molar-refractivity contribution in [3.8, 4) is 0 Å². The van der Waals surface area contributed by atoms with E-state index in [1.54, 1.807) is 23.0 Å². The largest absolute Gasteiger partial charge is 0.353 e. The number of aromatic nitrogens is 2. The highest BCUT2D eigenvalue weighted by molar-refractivity contribution is 7.99. The summed E-state index contributed by atoms with van der Waals surface area (Å²) in [5.74, 6) is 0.289. The van der Waals surface area contributed by atoms with Crippen LogP contribution in [0.15, 0.2) is 9.95 Å². The van der Waals surface area contributed by atoms with E-state index in [4.69, 9.17) is 0 Å². The Hall–Kier alpha value is -1.34. The molecule has 2 heterocycles. The molecule has 1 amide bonds. The van der Waals surface area contributed by atoms with Crippen LogP contribution in [-0.2, 0) is 24.7 Å². The van der Waals surface area contributed by atoms with Gasteiger partial charge in [0.25, 0.3) is 5.56 Å². The van der Waals surface area contributed by atoms with E-state index in [0.29, 0.717) is 5.16 Å². The SMILES string of the molecule is CCCCCC(C)NC(=O)CSc1nc2sc3c(c2c(=O)n1C)CCC3. The monoisotopic (exact) mass is 393 g/mol. The molecule has 142 valence electrons. The third-order valence-electron chi connectivity index (χ3n) is 4.89. The molecule has 0 radical (unpaired) electrons. The number of hydrogen-bond donors (Lipinski definition) is 1. The number of hydrogen-bond acceptors (Lipinski definition) is 5. The van der Waals surface area contributed by atoms with E-state index in [-0.39, 0.29) is 23.3 Å². The molecule has 3 rings (SSSR count). The Morgan fingerprint density at radius 3 is 2.96 bits per heavy atom. The topological polar surface area (TPSA) is 64.0 Å². The second-order valence-corrected chi connectivity index (χ2v) is 9.08. The normalized spacial score (nSPS) is 14.6. The average Bonchev–Trinajstić information content (AvgIpc) is 3.17. The fourth-order valence-corrected chi connectivity index (χ4v) is 5.54. The lowest BCUT2D eigenvalue weighted by Crippen LogP contribution is -2.34. The summed E-state index contributed by atoms with van der Waals surface area (Å²) in [6.07, 6.45) is 7.70. The number of nitrogens with one attached hydrogen (secondary N) is 1. The first-order chi connectivity index (χ1) is 12.5. The number of rotatable bonds is 8. The Kier molecular flexibility index (Phi) is 6.40. The Morgan fingerprint density at radius 2 is 2.19 bits per heavy atom. The van der Waals surface area contributed by atoms with E-state index in [1.165, 1.54) is 35.0 Å². The van der Waals surface area contributed by atoms with E-state index in [9.17, 15) is 9.59 Å². The minimum Gasteiger partial charge on any atom is -0.353 e. The molecule has 0 saturated carbocycles. The van der Waals surface area contributed by atoms with Gasteiger partial charge >= 0.3 is 0 Å². The van der Waals surface area contributed by atoms with Crippen LogP contribution in [0.25, 0.3) is 10.2 Å². The van der Waals surface area contributed by atoms with Crippen LogP contribution in [0.3, 0.4) is 0 Å². The van der Waals surface area contributed by atoms with Crippen LogP contribution in [0.5, 0.6) is 0 Å². The smallest absolute Gasteiger partial charge is 0.262 e. The highest BCUT2D eigenvalue weighted by atomic mass is 32.2. The third kappa shape index (κ3) is 4.14. The molecule has 1 unspecified atom stereocenters. The lowest BCUT2D eigenvalue weighted by Gasteiger charge is -2.13. The molecule has 0 aromatic carbocycles. The second-order valence-electron chi connectivity index (χ2n) is 7.05. The highest BCUT2D eigenvalue weighted by Crippen LogP contribution is 2.35. The van der Waals surface area contributed by atoms with Crippen LogP contribution in [0.2, 0.25) is 0 Å². The zero-order chi connectivity index (χ0) is 18.7. The summed E-state index contributed by atoms with van der Waals surface area (Å²) in [6.45, 7) is 4.22. The van der Waals surface area contributed by atoms with Gasteiger partial charge in [0.15, 0.2) is 5.16 Å². The second kappa shape index (κ2) is 8.57. The van der Waals surface area contributed by atoms with Crippen LogP contribution in [-0.4, -0.2) is 27.3 Å². The number of aryl methyl sites for hydroxylation is 2. The Morgan fingerprint density at radius 1 is 1.38 bits per heavy atom. The van der Waals surface area contributed by atoms with Gasteiger partial charge in [-0.3, -0.25) is 14.2 Å². The van der Waals surface area contributed by atoms with Crippen molar-refractivity contribution < 1.29 is 4.79 Å². The average molecular weight is 394 g/mol. The molecule has 5 nitrogen and oxygen atoms in total. The predicted octanol–water partition coefficient (Wildman–Crippen LogP) is 3.66. The first kappa shape index (κ1) is 19.4. The molecule has 0 spiro atoms. The maximum atomic E-state index is 12.8. The van der Waals surface area contributed by atoms with Gasteiger partial charge in [0.2, 0.25) is 5.91 Å². The van der Waals surface area contributed by atoms with Gasteiger partial charge in [-0.2, -0.15) is 0 Å². The molecule has 7 heteroatoms. The lowest BCUT2D eigenvalue weighted by molar-refractivity contribution is -0.119. The number of thioether (sulfide) groups is 1. The van der Waals surface area contributed by atoms with Crippen LogP contribution in [0, 0.1) is 0 Å². The van der Waals surface area contributed by atoms with E-state index in [1.807, 2.05) is 6.92 Å². The molecule has 0 aliphatic heterocycles. The first-order valence-corrected chi connectivity index (χ1v) is 11.2. The molecule has 2 aromatic rings. The van der Waals surface area contributed by atoms with Crippen molar-refractivity contribution in [3.63, 3.8) is 0 Å². The van der Waals surface area contributed by atoms with Crippen LogP contribution >= 0.6 is 23.1 Å². The zero-order valence-corrected chi connectivity index (χ0v) is 17.4. The molecule has 1 aliphatic rings. The first-order valence-electron chi connectivity index (χ1n) is 9.44. The lowest BCUT2D eigenvalue weighted by atomic mass is 10.1. The molecule has 0 bridgehead atoms. The predicted molar refractivity (Wildman–Crippen MR) is 109 cm³/mol. The maximum Gasteiger partial charge on any atom is 0.262 e. The van der Waals surface area contributed by atoms with Gasteiger partial charge in [0, 0.05) is 18.0 Å². The van der Waals surface area contributed by atoms with E-state index in [2.05, 4.69) is 17.2 Å². The van der Waals surface area contributed by atoms with Gasteiger partial charge in [-0.15, -0.1) is 11.3 Å². The summed E-state index contributed by atoms with van der Waals surface area (Å²) in [7, 11) is 1.75. The summed E-state index contributed by atoms with van der Waals surface area (Å²) in [5.41, 5.74) is 1.22. The van der Waals surface area contributed by atoms with Crippen molar-refractivity contribution in [1.29, 1.82) is 0 Å². The Balaban J connectivity index is 1.65. The molecule has 2 aromatic heterocycles. The van der Waals surface area contributed by atoms with E-state index >= 15 is 0 Å². The van der Waals surface area contributed by atoms with Crippen LogP contribution in [0.4, 0.5) is 0 Å². The summed E-state index contributed by atoms with van der Waals surface area (Å²) >= 11 is 2.98. The summed E-state index contributed by atoms with van der Waals surface area (Å²) in [4.78, 5) is 31.8. The van der Waals surface area contributed by atoms with E-state index in [0.717, 1.165) is 42.3 Å². The number of thiophene rings is 1. The summed E-state index contributed by atoms with van der Waals surface area (Å²) in [6, 6.07) is 0.189. The molecular formula is C19H27N3O2S2. The molecule has 0 saturated heterocycles. The molecule has 1 atom stereocenters. The van der Waals surface area contributed by atoms with Crippen molar-refractivity contribution in [2.75, 3.05) is 5.75 Å². The van der Waals surface area contributed by atoms with Gasteiger partial charge in [0.1, 0.15) is 4.83 Å². The minimum absolute atomic E-state index is 0.00187. The van der Waals surface area contributed by atoms with E-state index < -0.39 is 0 Å². The van der Waals surface area contributed by atoms with Crippen LogP contribution in [0.1, 0.15) is 56.4 Å². The van der Waals surface area contributed by atoms with Gasteiger partial charge in [-0.25, -0.2) is 4.98 Å². The maximum absolute atomic E-state index is 12.8. The minimum atomic E-state index is 0.00187. The van der Waals surface area contributed by atoms with Gasteiger partial charge in [-0.1, -0.05) is 37.9 Å². The van der Waals surface area contributed by atoms with Crippen LogP contribution < -0.4 is 10.9 Å². The molecule has 1 N–H and O–H groups in total.